The molecule has 1 aromatic carbocycles. The number of nitrogens with zero attached hydrogens (tertiary/aromatic N) is 2. The first kappa shape index (κ1) is 13.3. The molecule has 0 aliphatic carbocycles. The molecular formula is C15H18N2O2. The Balaban J connectivity index is 1.63. The van der Waals surface area contributed by atoms with Gasteiger partial charge in [-0.3, -0.25) is 0 Å². The van der Waals surface area contributed by atoms with Gasteiger partial charge in [0.1, 0.15) is 0 Å². The van der Waals surface area contributed by atoms with Crippen LogP contribution in [0.4, 0.5) is 4.79 Å². The Morgan fingerprint density at radius 3 is 2.74 bits per heavy atom. The van der Waals surface area contributed by atoms with Gasteiger partial charge in [0, 0.05) is 6.20 Å². The fourth-order valence-corrected chi connectivity index (χ4v) is 1.81. The van der Waals surface area contributed by atoms with Crippen LogP contribution < -0.4 is 0 Å². The van der Waals surface area contributed by atoms with Crippen molar-refractivity contribution in [1.29, 1.82) is 0 Å². The molecule has 4 heteroatoms. The number of carbonyl (C=O) groups excluding carboxylic acids is 1. The van der Waals surface area contributed by atoms with E-state index in [0.717, 1.165) is 24.8 Å². The maximum absolute atomic E-state index is 11.6. The van der Waals surface area contributed by atoms with Gasteiger partial charge in [0.05, 0.1) is 12.8 Å². The molecule has 1 aromatic heterocycles. The Kier molecular flexibility index (Phi) is 4.72. The molecule has 2 rings (SSSR count). The molecule has 0 saturated carbocycles. The van der Waals surface area contributed by atoms with Gasteiger partial charge in [-0.05, 0) is 37.3 Å². The molecule has 0 aliphatic rings. The van der Waals surface area contributed by atoms with Crippen LogP contribution in [-0.4, -0.2) is 22.5 Å². The zero-order valence-electron chi connectivity index (χ0n) is 11.1. The third-order valence-electron chi connectivity index (χ3n) is 2.83. The molecular weight excluding hydrogens is 240 g/mol. The number of unbranched alkanes of at least 4 members (excludes halogenated alkanes) is 1. The predicted octanol–water partition coefficient (Wildman–Crippen LogP) is 3.20. The molecule has 0 bridgehead atoms. The summed E-state index contributed by atoms with van der Waals surface area (Å²) in [6.07, 6.45) is 5.77. The number of benzene rings is 1. The highest BCUT2D eigenvalue weighted by Gasteiger charge is 2.06. The zero-order valence-corrected chi connectivity index (χ0v) is 11.1. The molecule has 0 atom stereocenters. The van der Waals surface area contributed by atoms with E-state index in [0.29, 0.717) is 6.61 Å². The SMILES string of the molecule is Cc1cnn(C(=O)OCCCCc2ccccc2)c1. The van der Waals surface area contributed by atoms with Gasteiger partial charge in [0.2, 0.25) is 0 Å². The lowest BCUT2D eigenvalue weighted by atomic mass is 10.1. The summed E-state index contributed by atoms with van der Waals surface area (Å²) in [6, 6.07) is 10.3. The zero-order chi connectivity index (χ0) is 13.5. The van der Waals surface area contributed by atoms with Gasteiger partial charge in [-0.1, -0.05) is 30.3 Å². The fraction of sp³-hybridized carbons (Fsp3) is 0.333. The molecule has 0 amide bonds. The molecule has 0 radical (unpaired) electrons. The van der Waals surface area contributed by atoms with E-state index in [1.807, 2.05) is 25.1 Å². The Morgan fingerprint density at radius 2 is 2.05 bits per heavy atom. The Labute approximate surface area is 113 Å². The van der Waals surface area contributed by atoms with Crippen molar-refractivity contribution < 1.29 is 9.53 Å². The van der Waals surface area contributed by atoms with Crippen LogP contribution in [0, 0.1) is 6.92 Å². The average Bonchev–Trinajstić information content (AvgIpc) is 2.86. The largest absolute Gasteiger partial charge is 0.448 e. The number of carbonyl (C=O) groups is 1. The first-order valence-corrected chi connectivity index (χ1v) is 6.48. The maximum atomic E-state index is 11.6. The summed E-state index contributed by atoms with van der Waals surface area (Å²) < 4.78 is 6.37. The number of aromatic nitrogens is 2. The van der Waals surface area contributed by atoms with Crippen molar-refractivity contribution in [2.45, 2.75) is 26.2 Å². The van der Waals surface area contributed by atoms with Crippen molar-refractivity contribution in [3.05, 3.63) is 53.9 Å². The summed E-state index contributed by atoms with van der Waals surface area (Å²) in [5.41, 5.74) is 2.26. The van der Waals surface area contributed by atoms with E-state index in [1.165, 1.54) is 10.2 Å². The van der Waals surface area contributed by atoms with Gasteiger partial charge in [0.25, 0.3) is 0 Å². The molecule has 0 N–H and O–H groups in total. The van der Waals surface area contributed by atoms with Gasteiger partial charge in [-0.2, -0.15) is 9.78 Å². The first-order chi connectivity index (χ1) is 9.25. The van der Waals surface area contributed by atoms with Crippen LogP contribution in [0.5, 0.6) is 0 Å². The number of rotatable bonds is 5. The van der Waals surface area contributed by atoms with E-state index >= 15 is 0 Å². The van der Waals surface area contributed by atoms with E-state index in [4.69, 9.17) is 4.74 Å². The van der Waals surface area contributed by atoms with Gasteiger partial charge in [0.15, 0.2) is 0 Å². The average molecular weight is 258 g/mol. The van der Waals surface area contributed by atoms with Crippen molar-refractivity contribution in [2.24, 2.45) is 0 Å². The van der Waals surface area contributed by atoms with Crippen LogP contribution in [0.25, 0.3) is 0 Å². The second-order valence-electron chi connectivity index (χ2n) is 4.52. The van der Waals surface area contributed by atoms with E-state index in [-0.39, 0.29) is 0 Å². The summed E-state index contributed by atoms with van der Waals surface area (Å²) in [4.78, 5) is 11.6. The van der Waals surface area contributed by atoms with Crippen molar-refractivity contribution >= 4 is 6.09 Å². The number of aryl methyl sites for hydroxylation is 2. The molecule has 0 spiro atoms. The fourth-order valence-electron chi connectivity index (χ4n) is 1.81. The van der Waals surface area contributed by atoms with E-state index in [1.54, 1.807) is 12.4 Å². The first-order valence-electron chi connectivity index (χ1n) is 6.48. The summed E-state index contributed by atoms with van der Waals surface area (Å²) >= 11 is 0. The van der Waals surface area contributed by atoms with Gasteiger partial charge in [-0.15, -0.1) is 0 Å². The van der Waals surface area contributed by atoms with Crippen LogP contribution in [0.1, 0.15) is 24.0 Å². The topological polar surface area (TPSA) is 44.1 Å². The summed E-state index contributed by atoms with van der Waals surface area (Å²) in [5.74, 6) is 0. The number of hydrogen-bond acceptors (Lipinski definition) is 3. The molecule has 0 aliphatic heterocycles. The Bertz CT molecular complexity index is 520. The molecule has 100 valence electrons. The highest BCUT2D eigenvalue weighted by molar-refractivity contribution is 5.69. The van der Waals surface area contributed by atoms with E-state index in [2.05, 4.69) is 17.2 Å². The van der Waals surface area contributed by atoms with Gasteiger partial charge in [-0.25, -0.2) is 4.79 Å². The van der Waals surface area contributed by atoms with Gasteiger partial charge < -0.3 is 4.74 Å². The molecule has 1 heterocycles. The standard InChI is InChI=1S/C15H18N2O2/c1-13-11-16-17(12-13)15(18)19-10-6-5-9-14-7-3-2-4-8-14/h2-4,7-8,11-12H,5-6,9-10H2,1H3. The van der Waals surface area contributed by atoms with Crippen molar-refractivity contribution in [2.75, 3.05) is 6.61 Å². The molecule has 0 saturated heterocycles. The number of ether oxygens (including phenoxy) is 1. The molecule has 4 nitrogen and oxygen atoms in total. The van der Waals surface area contributed by atoms with Crippen LogP contribution in [0.15, 0.2) is 42.7 Å². The minimum absolute atomic E-state index is 0.409. The van der Waals surface area contributed by atoms with Crippen molar-refractivity contribution in [3.8, 4) is 0 Å². The number of hydrogen-bond donors (Lipinski definition) is 0. The second-order valence-corrected chi connectivity index (χ2v) is 4.52. The molecule has 0 fully saturated rings. The molecule has 19 heavy (non-hydrogen) atoms. The normalized spacial score (nSPS) is 10.4. The summed E-state index contributed by atoms with van der Waals surface area (Å²) in [7, 11) is 0. The van der Waals surface area contributed by atoms with Crippen LogP contribution in [-0.2, 0) is 11.2 Å². The summed E-state index contributed by atoms with van der Waals surface area (Å²) in [5, 5.41) is 3.90. The molecule has 0 unspecified atom stereocenters. The monoisotopic (exact) mass is 258 g/mol. The van der Waals surface area contributed by atoms with E-state index in [9.17, 15) is 4.79 Å². The van der Waals surface area contributed by atoms with Crippen molar-refractivity contribution in [1.82, 2.24) is 9.78 Å². The van der Waals surface area contributed by atoms with Crippen LogP contribution >= 0.6 is 0 Å². The third kappa shape index (κ3) is 4.25. The predicted molar refractivity (Wildman–Crippen MR) is 73.1 cm³/mol. The lowest BCUT2D eigenvalue weighted by Gasteiger charge is -2.04. The van der Waals surface area contributed by atoms with Crippen LogP contribution in [0.3, 0.4) is 0 Å². The van der Waals surface area contributed by atoms with Gasteiger partial charge >= 0.3 is 6.09 Å². The highest BCUT2D eigenvalue weighted by Crippen LogP contribution is 2.05. The molecule has 2 aromatic rings. The minimum Gasteiger partial charge on any atom is -0.448 e. The van der Waals surface area contributed by atoms with Crippen molar-refractivity contribution in [3.63, 3.8) is 0 Å². The minimum atomic E-state index is -0.409. The lowest BCUT2D eigenvalue weighted by Crippen LogP contribution is -2.14. The summed E-state index contributed by atoms with van der Waals surface area (Å²) in [6.45, 7) is 2.32. The maximum Gasteiger partial charge on any atom is 0.434 e. The quantitative estimate of drug-likeness (QED) is 0.773. The van der Waals surface area contributed by atoms with E-state index < -0.39 is 6.09 Å². The third-order valence-corrected chi connectivity index (χ3v) is 2.83. The lowest BCUT2D eigenvalue weighted by molar-refractivity contribution is 0.142. The Morgan fingerprint density at radius 1 is 1.26 bits per heavy atom. The Hall–Kier alpha value is -2.10. The van der Waals surface area contributed by atoms with Crippen LogP contribution in [0.2, 0.25) is 0 Å². The smallest absolute Gasteiger partial charge is 0.434 e. The highest BCUT2D eigenvalue weighted by atomic mass is 16.6. The second kappa shape index (κ2) is 6.73.